The molecule has 0 N–H and O–H groups in total. The smallest absolute Gasteiger partial charge is 0.223 e. The average molecular weight is 400 g/mol. The van der Waals surface area contributed by atoms with E-state index in [0.29, 0.717) is 46.5 Å². The lowest BCUT2D eigenvalue weighted by molar-refractivity contribution is 0.103. The lowest BCUT2D eigenvalue weighted by atomic mass is 9.97. The molecule has 6 heteroatoms. The lowest BCUT2D eigenvalue weighted by Crippen LogP contribution is -2.06. The van der Waals surface area contributed by atoms with Crippen LogP contribution in [-0.2, 0) is 6.61 Å². The maximum atomic E-state index is 13.3. The lowest BCUT2D eigenvalue weighted by Gasteiger charge is -2.15. The Kier molecular flexibility index (Phi) is 5.57. The fraction of sp³-hybridized carbons (Fsp3) is 0.125. The molecule has 0 fully saturated rings. The molecule has 0 spiro atoms. The number of carbonyl (C=O) groups excluding carboxylic acids is 1. The van der Waals surface area contributed by atoms with Crippen molar-refractivity contribution in [3.63, 3.8) is 0 Å². The number of methoxy groups -OCH3 is 1. The third kappa shape index (κ3) is 4.07. The molecule has 0 bridgehead atoms. The highest BCUT2D eigenvalue weighted by Crippen LogP contribution is 2.36. The number of hydrogen-bond acceptors (Lipinski definition) is 6. The predicted octanol–water partition coefficient (Wildman–Crippen LogP) is 4.86. The number of ether oxygens (including phenoxy) is 2. The normalized spacial score (nSPS) is 10.6. The number of nitrogens with zero attached hydrogens (tertiary/aromatic N) is 2. The Morgan fingerprint density at radius 3 is 2.30 bits per heavy atom. The van der Waals surface area contributed by atoms with Crippen molar-refractivity contribution in [1.29, 1.82) is 0 Å². The van der Waals surface area contributed by atoms with E-state index in [1.807, 2.05) is 48.5 Å². The van der Waals surface area contributed by atoms with Gasteiger partial charge in [0.25, 0.3) is 0 Å². The molecule has 1 aromatic heterocycles. The maximum absolute atomic E-state index is 13.3. The van der Waals surface area contributed by atoms with E-state index >= 15 is 0 Å². The van der Waals surface area contributed by atoms with Gasteiger partial charge in [0, 0.05) is 23.6 Å². The van der Waals surface area contributed by atoms with Crippen molar-refractivity contribution >= 4 is 5.78 Å². The van der Waals surface area contributed by atoms with Gasteiger partial charge in [0.1, 0.15) is 6.61 Å². The molecule has 0 atom stereocenters. The largest absolute Gasteiger partial charge is 0.493 e. The van der Waals surface area contributed by atoms with Crippen LogP contribution >= 0.6 is 0 Å². The Balaban J connectivity index is 1.78. The van der Waals surface area contributed by atoms with Crippen molar-refractivity contribution in [3.05, 3.63) is 95.4 Å². The topological polar surface area (TPSA) is 74.5 Å². The summed E-state index contributed by atoms with van der Waals surface area (Å²) in [6, 6.07) is 22.2. The Bertz CT molecular complexity index is 1150. The molecular formula is C24H20N2O4. The summed E-state index contributed by atoms with van der Waals surface area (Å²) in [5.74, 6) is 1.50. The summed E-state index contributed by atoms with van der Waals surface area (Å²) < 4.78 is 16.6. The molecule has 0 saturated heterocycles. The molecule has 4 rings (SSSR count). The quantitative estimate of drug-likeness (QED) is 0.412. The van der Waals surface area contributed by atoms with E-state index in [0.717, 1.165) is 5.56 Å². The van der Waals surface area contributed by atoms with Crippen LogP contribution in [0.1, 0.15) is 27.4 Å². The fourth-order valence-electron chi connectivity index (χ4n) is 3.09. The zero-order valence-corrected chi connectivity index (χ0v) is 16.7. The van der Waals surface area contributed by atoms with Gasteiger partial charge in [-0.25, -0.2) is 0 Å². The van der Waals surface area contributed by atoms with Crippen molar-refractivity contribution in [3.8, 4) is 22.9 Å². The molecule has 6 nitrogen and oxygen atoms in total. The number of hydrogen-bond donors (Lipinski definition) is 0. The summed E-state index contributed by atoms with van der Waals surface area (Å²) in [7, 11) is 1.55. The van der Waals surface area contributed by atoms with Gasteiger partial charge < -0.3 is 14.0 Å². The Labute approximate surface area is 174 Å². The van der Waals surface area contributed by atoms with Crippen LogP contribution < -0.4 is 9.47 Å². The number of carbonyl (C=O) groups is 1. The van der Waals surface area contributed by atoms with Crippen LogP contribution in [0.15, 0.2) is 77.3 Å². The molecule has 1 heterocycles. The van der Waals surface area contributed by atoms with Crippen LogP contribution in [0.5, 0.6) is 11.5 Å². The number of aryl methyl sites for hydroxylation is 1. The zero-order valence-electron chi connectivity index (χ0n) is 16.7. The molecule has 0 amide bonds. The zero-order chi connectivity index (χ0) is 20.9. The van der Waals surface area contributed by atoms with Crippen molar-refractivity contribution in [2.75, 3.05) is 7.11 Å². The average Bonchev–Trinajstić information content (AvgIpc) is 3.24. The molecule has 3 aromatic carbocycles. The monoisotopic (exact) mass is 400 g/mol. The van der Waals surface area contributed by atoms with Gasteiger partial charge in [-0.2, -0.15) is 4.98 Å². The van der Waals surface area contributed by atoms with Gasteiger partial charge in [-0.3, -0.25) is 4.79 Å². The first kappa shape index (κ1) is 19.4. The van der Waals surface area contributed by atoms with Gasteiger partial charge >= 0.3 is 0 Å². The summed E-state index contributed by atoms with van der Waals surface area (Å²) in [4.78, 5) is 17.6. The second-order valence-electron chi connectivity index (χ2n) is 6.66. The van der Waals surface area contributed by atoms with E-state index in [4.69, 9.17) is 14.0 Å². The van der Waals surface area contributed by atoms with Gasteiger partial charge in [-0.05, 0) is 17.7 Å². The summed E-state index contributed by atoms with van der Waals surface area (Å²) >= 11 is 0. The van der Waals surface area contributed by atoms with E-state index in [1.54, 1.807) is 38.3 Å². The standard InChI is InChI=1S/C24H20N2O4/c1-16-25-24(26-30-16)20-14-21(28-2)22(29-15-17-9-5-3-6-10-17)13-19(20)23(27)18-11-7-4-8-12-18/h3-14H,15H2,1-2H3. The summed E-state index contributed by atoms with van der Waals surface area (Å²) in [6.07, 6.45) is 0. The number of ketones is 1. The molecule has 0 saturated carbocycles. The molecule has 30 heavy (non-hydrogen) atoms. The SMILES string of the molecule is COc1cc(-c2noc(C)n2)c(C(=O)c2ccccc2)cc1OCc1ccccc1. The van der Waals surface area contributed by atoms with E-state index in [1.165, 1.54) is 0 Å². The van der Waals surface area contributed by atoms with Crippen LogP contribution in [0.2, 0.25) is 0 Å². The summed E-state index contributed by atoms with van der Waals surface area (Å²) in [5, 5.41) is 3.99. The van der Waals surface area contributed by atoms with Crippen LogP contribution in [0.3, 0.4) is 0 Å². The molecule has 4 aromatic rings. The van der Waals surface area contributed by atoms with Crippen LogP contribution in [0, 0.1) is 6.92 Å². The first-order chi connectivity index (χ1) is 14.7. The third-order valence-electron chi connectivity index (χ3n) is 4.59. The second kappa shape index (κ2) is 8.61. The fourth-order valence-corrected chi connectivity index (χ4v) is 3.09. The van der Waals surface area contributed by atoms with E-state index in [-0.39, 0.29) is 5.78 Å². The van der Waals surface area contributed by atoms with Gasteiger partial charge in [0.05, 0.1) is 7.11 Å². The van der Waals surface area contributed by atoms with Crippen molar-refractivity contribution in [1.82, 2.24) is 10.1 Å². The Morgan fingerprint density at radius 2 is 1.67 bits per heavy atom. The van der Waals surface area contributed by atoms with Crippen LogP contribution in [0.25, 0.3) is 11.4 Å². The molecule has 0 radical (unpaired) electrons. The van der Waals surface area contributed by atoms with Gasteiger partial charge in [0.15, 0.2) is 17.3 Å². The van der Waals surface area contributed by atoms with Gasteiger partial charge in [-0.1, -0.05) is 65.8 Å². The Morgan fingerprint density at radius 1 is 0.967 bits per heavy atom. The molecular weight excluding hydrogens is 380 g/mol. The van der Waals surface area contributed by atoms with Crippen molar-refractivity contribution < 1.29 is 18.8 Å². The molecule has 0 unspecified atom stereocenters. The second-order valence-corrected chi connectivity index (χ2v) is 6.66. The minimum absolute atomic E-state index is 0.166. The summed E-state index contributed by atoms with van der Waals surface area (Å²) in [6.45, 7) is 2.04. The van der Waals surface area contributed by atoms with Crippen LogP contribution in [-0.4, -0.2) is 23.0 Å². The number of benzene rings is 3. The maximum Gasteiger partial charge on any atom is 0.223 e. The molecule has 0 aliphatic heterocycles. The highest BCUT2D eigenvalue weighted by molar-refractivity contribution is 6.13. The predicted molar refractivity (Wildman–Crippen MR) is 112 cm³/mol. The number of rotatable bonds is 7. The third-order valence-corrected chi connectivity index (χ3v) is 4.59. The van der Waals surface area contributed by atoms with Crippen LogP contribution in [0.4, 0.5) is 0 Å². The van der Waals surface area contributed by atoms with Crippen molar-refractivity contribution in [2.45, 2.75) is 13.5 Å². The summed E-state index contributed by atoms with van der Waals surface area (Å²) in [5.41, 5.74) is 2.49. The van der Waals surface area contributed by atoms with E-state index < -0.39 is 0 Å². The minimum Gasteiger partial charge on any atom is -0.493 e. The molecule has 150 valence electrons. The van der Waals surface area contributed by atoms with E-state index in [9.17, 15) is 4.79 Å². The Hall–Kier alpha value is -3.93. The first-order valence-corrected chi connectivity index (χ1v) is 9.45. The van der Waals surface area contributed by atoms with Gasteiger partial charge in [0.2, 0.25) is 11.7 Å². The minimum atomic E-state index is -0.166. The van der Waals surface area contributed by atoms with Crippen molar-refractivity contribution in [2.24, 2.45) is 0 Å². The number of aromatic nitrogens is 2. The first-order valence-electron chi connectivity index (χ1n) is 9.45. The molecule has 0 aliphatic rings. The highest BCUT2D eigenvalue weighted by Gasteiger charge is 2.22. The van der Waals surface area contributed by atoms with Gasteiger partial charge in [-0.15, -0.1) is 0 Å². The van der Waals surface area contributed by atoms with E-state index in [2.05, 4.69) is 10.1 Å². The highest BCUT2D eigenvalue weighted by atomic mass is 16.5. The molecule has 0 aliphatic carbocycles.